The molecule has 0 saturated carbocycles. The van der Waals surface area contributed by atoms with Crippen LogP contribution in [-0.4, -0.2) is 44.1 Å². The summed E-state index contributed by atoms with van der Waals surface area (Å²) < 4.78 is 20.5. The lowest BCUT2D eigenvalue weighted by atomic mass is 10.0. The summed E-state index contributed by atoms with van der Waals surface area (Å²) >= 11 is 0. The molecule has 5 heterocycles. The third kappa shape index (κ3) is 3.31. The van der Waals surface area contributed by atoms with Gasteiger partial charge in [-0.3, -0.25) is 14.3 Å². The number of benzene rings is 1. The first-order chi connectivity index (χ1) is 16.5. The van der Waals surface area contributed by atoms with Crippen LogP contribution >= 0.6 is 0 Å². The first kappa shape index (κ1) is 20.2. The van der Waals surface area contributed by atoms with Crippen LogP contribution in [0.3, 0.4) is 0 Å². The largest absolute Gasteiger partial charge is 0.306 e. The second-order valence-electron chi connectivity index (χ2n) is 8.33. The Labute approximate surface area is 193 Å². The lowest BCUT2D eigenvalue weighted by Crippen LogP contribution is -2.09. The molecule has 6 aromatic rings. The molecule has 1 atom stereocenters. The second kappa shape index (κ2) is 7.55. The molecule has 0 saturated heterocycles. The number of nitrogens with zero attached hydrogens (tertiary/aromatic N) is 9. The van der Waals surface area contributed by atoms with E-state index in [2.05, 4.69) is 25.1 Å². The van der Waals surface area contributed by atoms with Crippen LogP contribution in [0.5, 0.6) is 0 Å². The molecule has 34 heavy (non-hydrogen) atoms. The second-order valence-corrected chi connectivity index (χ2v) is 8.33. The molecule has 0 aliphatic rings. The van der Waals surface area contributed by atoms with E-state index in [-0.39, 0.29) is 11.9 Å². The monoisotopic (exact) mass is 453 g/mol. The fourth-order valence-corrected chi connectivity index (χ4v) is 4.15. The smallest absolute Gasteiger partial charge is 0.197 e. The molecule has 0 N–H and O–H groups in total. The first-order valence-electron chi connectivity index (χ1n) is 10.7. The van der Waals surface area contributed by atoms with Gasteiger partial charge in [-0.1, -0.05) is 0 Å². The SMILES string of the molecule is CC(c1cc2cc(-c3cnn(C)c3)cnc2cc1F)n1cnc2ncc(-c3cnn(C)c3)nc21. The van der Waals surface area contributed by atoms with Crippen molar-refractivity contribution in [1.29, 1.82) is 0 Å². The van der Waals surface area contributed by atoms with Crippen LogP contribution in [-0.2, 0) is 14.1 Å². The summed E-state index contributed by atoms with van der Waals surface area (Å²) in [5.41, 5.74) is 5.60. The topological polar surface area (TPSA) is 92.1 Å². The summed E-state index contributed by atoms with van der Waals surface area (Å²) in [5.74, 6) is -0.333. The number of aromatic nitrogens is 9. The molecule has 0 aliphatic heterocycles. The van der Waals surface area contributed by atoms with Crippen molar-refractivity contribution in [2.24, 2.45) is 14.1 Å². The van der Waals surface area contributed by atoms with Gasteiger partial charge in [0.15, 0.2) is 11.3 Å². The van der Waals surface area contributed by atoms with Gasteiger partial charge < -0.3 is 4.57 Å². The van der Waals surface area contributed by atoms with Gasteiger partial charge >= 0.3 is 0 Å². The van der Waals surface area contributed by atoms with Crippen molar-refractivity contribution in [2.75, 3.05) is 0 Å². The summed E-state index contributed by atoms with van der Waals surface area (Å²) in [7, 11) is 3.71. The van der Waals surface area contributed by atoms with Crippen LogP contribution in [0.2, 0.25) is 0 Å². The van der Waals surface area contributed by atoms with Gasteiger partial charge in [-0.15, -0.1) is 0 Å². The maximum atomic E-state index is 15.2. The van der Waals surface area contributed by atoms with Crippen molar-refractivity contribution < 1.29 is 4.39 Å². The fourth-order valence-electron chi connectivity index (χ4n) is 4.15. The zero-order valence-corrected chi connectivity index (χ0v) is 18.8. The number of hydrogen-bond donors (Lipinski definition) is 0. The van der Waals surface area contributed by atoms with Gasteiger partial charge in [-0.2, -0.15) is 10.2 Å². The van der Waals surface area contributed by atoms with Crippen molar-refractivity contribution in [3.63, 3.8) is 0 Å². The van der Waals surface area contributed by atoms with Crippen LogP contribution < -0.4 is 0 Å². The summed E-state index contributed by atoms with van der Waals surface area (Å²) in [4.78, 5) is 18.0. The number of pyridine rings is 1. The molecule has 0 aliphatic carbocycles. The Balaban J connectivity index is 1.44. The van der Waals surface area contributed by atoms with Crippen LogP contribution in [0.4, 0.5) is 4.39 Å². The highest BCUT2D eigenvalue weighted by molar-refractivity contribution is 5.84. The molecular weight excluding hydrogens is 433 g/mol. The van der Waals surface area contributed by atoms with Crippen molar-refractivity contribution in [2.45, 2.75) is 13.0 Å². The molecule has 0 amide bonds. The van der Waals surface area contributed by atoms with Crippen LogP contribution in [0.15, 0.2) is 61.7 Å². The molecule has 0 fully saturated rings. The van der Waals surface area contributed by atoms with Gasteiger partial charge in [0, 0.05) is 66.4 Å². The zero-order chi connectivity index (χ0) is 23.4. The maximum Gasteiger partial charge on any atom is 0.197 e. The average Bonchev–Trinajstić information content (AvgIpc) is 3.57. The molecule has 1 aromatic carbocycles. The van der Waals surface area contributed by atoms with E-state index in [1.165, 1.54) is 6.07 Å². The van der Waals surface area contributed by atoms with E-state index >= 15 is 4.39 Å². The van der Waals surface area contributed by atoms with Crippen molar-refractivity contribution in [1.82, 2.24) is 44.1 Å². The Bertz CT molecular complexity index is 1680. The summed E-state index contributed by atoms with van der Waals surface area (Å²) in [6, 6.07) is 4.95. The molecule has 0 radical (unpaired) electrons. The Morgan fingerprint density at radius 3 is 2.32 bits per heavy atom. The highest BCUT2D eigenvalue weighted by Gasteiger charge is 2.19. The van der Waals surface area contributed by atoms with E-state index in [0.717, 1.165) is 22.1 Å². The molecule has 0 bridgehead atoms. The van der Waals surface area contributed by atoms with Gasteiger partial charge in [0.2, 0.25) is 0 Å². The highest BCUT2D eigenvalue weighted by atomic mass is 19.1. The van der Waals surface area contributed by atoms with Crippen molar-refractivity contribution >= 4 is 22.2 Å². The molecule has 168 valence electrons. The fraction of sp³-hybridized carbons (Fsp3) is 0.167. The molecule has 5 aromatic heterocycles. The highest BCUT2D eigenvalue weighted by Crippen LogP contribution is 2.30. The van der Waals surface area contributed by atoms with Gasteiger partial charge in [-0.05, 0) is 19.1 Å². The molecule has 1 unspecified atom stereocenters. The number of imidazole rings is 1. The average molecular weight is 453 g/mol. The van der Waals surface area contributed by atoms with E-state index < -0.39 is 0 Å². The molecule has 10 heteroatoms. The third-order valence-corrected chi connectivity index (χ3v) is 5.99. The minimum Gasteiger partial charge on any atom is -0.306 e. The third-order valence-electron chi connectivity index (χ3n) is 5.99. The van der Waals surface area contributed by atoms with Crippen molar-refractivity contribution in [3.05, 3.63) is 73.1 Å². The number of aryl methyl sites for hydroxylation is 2. The van der Waals surface area contributed by atoms with E-state index in [1.807, 2.05) is 50.1 Å². The van der Waals surface area contributed by atoms with Crippen LogP contribution in [0.1, 0.15) is 18.5 Å². The molecule has 9 nitrogen and oxygen atoms in total. The lowest BCUT2D eigenvalue weighted by Gasteiger charge is -2.16. The van der Waals surface area contributed by atoms with E-state index in [9.17, 15) is 0 Å². The first-order valence-corrected chi connectivity index (χ1v) is 10.7. The Hall–Kier alpha value is -4.47. The zero-order valence-electron chi connectivity index (χ0n) is 18.8. The van der Waals surface area contributed by atoms with Crippen molar-refractivity contribution in [3.8, 4) is 22.4 Å². The van der Waals surface area contributed by atoms with Gasteiger partial charge in [0.05, 0.1) is 42.2 Å². The quantitative estimate of drug-likeness (QED) is 0.402. The van der Waals surface area contributed by atoms with E-state index in [4.69, 9.17) is 4.98 Å². The van der Waals surface area contributed by atoms with E-state index in [1.54, 1.807) is 40.5 Å². The molecular formula is C24H20FN9. The predicted molar refractivity (Wildman–Crippen MR) is 125 cm³/mol. The summed E-state index contributed by atoms with van der Waals surface area (Å²) in [6.45, 7) is 1.92. The van der Waals surface area contributed by atoms with Gasteiger partial charge in [0.1, 0.15) is 5.82 Å². The number of fused-ring (bicyclic) bond motifs is 2. The van der Waals surface area contributed by atoms with E-state index in [0.29, 0.717) is 28.1 Å². The normalized spacial score (nSPS) is 12.6. The predicted octanol–water partition coefficient (Wildman–Crippen LogP) is 3.92. The summed E-state index contributed by atoms with van der Waals surface area (Å²) in [5, 5.41) is 9.27. The lowest BCUT2D eigenvalue weighted by molar-refractivity contribution is 0.564. The number of halogens is 1. The van der Waals surface area contributed by atoms with Crippen LogP contribution in [0.25, 0.3) is 44.6 Å². The molecule has 0 spiro atoms. The standard InChI is InChI=1S/C24H20FN9/c1-14(34-13-28-23-24(34)31-22(10-27-23)18-9-30-33(3)12-18)19-5-15-4-16(17-8-29-32(2)11-17)7-26-21(15)6-20(19)25/h4-14H,1-3H3. The van der Waals surface area contributed by atoms with Gasteiger partial charge in [-0.25, -0.2) is 19.3 Å². The minimum atomic E-state index is -0.366. The summed E-state index contributed by atoms with van der Waals surface area (Å²) in [6.07, 6.45) is 12.4. The number of rotatable bonds is 4. The van der Waals surface area contributed by atoms with Gasteiger partial charge in [0.25, 0.3) is 0 Å². The maximum absolute atomic E-state index is 15.2. The Morgan fingerprint density at radius 2 is 1.59 bits per heavy atom. The Kier molecular flexibility index (Phi) is 4.47. The Morgan fingerprint density at radius 1 is 0.824 bits per heavy atom. The molecule has 6 rings (SSSR count). The van der Waals surface area contributed by atoms with Crippen LogP contribution in [0, 0.1) is 5.82 Å². The number of hydrogen-bond acceptors (Lipinski definition) is 6. The minimum absolute atomic E-state index is 0.333.